The molecule has 0 spiro atoms. The van der Waals surface area contributed by atoms with Crippen molar-refractivity contribution in [3.63, 3.8) is 0 Å². The molecule has 0 bridgehead atoms. The Morgan fingerprint density at radius 1 is 1.32 bits per heavy atom. The molecular formula is C14H17ClN2OS. The minimum absolute atomic E-state index is 0.0196. The lowest BCUT2D eigenvalue weighted by atomic mass is 10.1. The zero-order chi connectivity index (χ0) is 14.0. The molecule has 0 saturated carbocycles. The predicted octanol–water partition coefficient (Wildman–Crippen LogP) is 4.13. The summed E-state index contributed by atoms with van der Waals surface area (Å²) in [5, 5.41) is 1.38. The Morgan fingerprint density at radius 3 is 2.53 bits per heavy atom. The Morgan fingerprint density at radius 2 is 2.00 bits per heavy atom. The van der Waals surface area contributed by atoms with Crippen molar-refractivity contribution in [1.29, 1.82) is 0 Å². The number of nitrogens with zero attached hydrogens (tertiary/aromatic N) is 1. The van der Waals surface area contributed by atoms with Gasteiger partial charge in [0.1, 0.15) is 5.76 Å². The highest BCUT2D eigenvalue weighted by atomic mass is 35.5. The van der Waals surface area contributed by atoms with E-state index in [9.17, 15) is 0 Å². The van der Waals surface area contributed by atoms with Crippen LogP contribution in [-0.2, 0) is 0 Å². The fourth-order valence-electron chi connectivity index (χ4n) is 1.76. The molecule has 0 amide bonds. The summed E-state index contributed by atoms with van der Waals surface area (Å²) in [7, 11) is 0. The maximum atomic E-state index is 6.25. The molecule has 0 saturated heterocycles. The minimum Gasteiger partial charge on any atom is -0.437 e. The molecule has 2 N–H and O–H groups in total. The largest absolute Gasteiger partial charge is 0.437 e. The Bertz CT molecular complexity index is 549. The summed E-state index contributed by atoms with van der Waals surface area (Å²) in [6.45, 7) is 5.80. The van der Waals surface area contributed by atoms with E-state index in [0.29, 0.717) is 5.22 Å². The number of rotatable bonds is 4. The summed E-state index contributed by atoms with van der Waals surface area (Å²) in [5.41, 5.74) is 8.00. The van der Waals surface area contributed by atoms with Gasteiger partial charge in [0.2, 0.25) is 0 Å². The van der Waals surface area contributed by atoms with Gasteiger partial charge in [0.15, 0.2) is 0 Å². The smallest absolute Gasteiger partial charge is 0.256 e. The van der Waals surface area contributed by atoms with Crippen LogP contribution in [0.1, 0.15) is 29.2 Å². The third-order valence-corrected chi connectivity index (χ3v) is 4.58. The van der Waals surface area contributed by atoms with Crippen LogP contribution in [0.2, 0.25) is 5.02 Å². The number of benzene rings is 1. The summed E-state index contributed by atoms with van der Waals surface area (Å²) < 4.78 is 5.61. The monoisotopic (exact) mass is 296 g/mol. The van der Waals surface area contributed by atoms with Gasteiger partial charge in [-0.3, -0.25) is 0 Å². The van der Waals surface area contributed by atoms with E-state index >= 15 is 0 Å². The summed E-state index contributed by atoms with van der Waals surface area (Å²) in [5.74, 6) is 0.838. The van der Waals surface area contributed by atoms with Gasteiger partial charge in [-0.1, -0.05) is 41.6 Å². The number of aryl methyl sites for hydroxylation is 2. The molecule has 2 unspecified atom stereocenters. The molecule has 2 aromatic rings. The van der Waals surface area contributed by atoms with E-state index < -0.39 is 0 Å². The summed E-state index contributed by atoms with van der Waals surface area (Å²) in [4.78, 5) is 4.39. The summed E-state index contributed by atoms with van der Waals surface area (Å²) >= 11 is 7.76. The standard InChI is InChI=1S/C14H17ClN2OS/c1-8(16)13(11-6-4-5-7-12(11)15)19-14-17-9(2)10(3)18-14/h4-8,13H,16H2,1-3H3. The molecule has 1 aromatic heterocycles. The number of nitrogens with two attached hydrogens (primary N) is 1. The van der Waals surface area contributed by atoms with E-state index in [0.717, 1.165) is 22.0 Å². The molecule has 2 atom stereocenters. The van der Waals surface area contributed by atoms with Gasteiger partial charge >= 0.3 is 0 Å². The third kappa shape index (κ3) is 3.32. The van der Waals surface area contributed by atoms with Crippen LogP contribution in [0, 0.1) is 13.8 Å². The van der Waals surface area contributed by atoms with Crippen LogP contribution in [0.3, 0.4) is 0 Å². The SMILES string of the molecule is Cc1nc(SC(c2ccccc2Cl)C(C)N)oc1C. The molecule has 1 aromatic carbocycles. The number of hydrogen-bond acceptors (Lipinski definition) is 4. The topological polar surface area (TPSA) is 52.0 Å². The maximum absolute atomic E-state index is 6.25. The number of aromatic nitrogens is 1. The number of hydrogen-bond donors (Lipinski definition) is 1. The highest BCUT2D eigenvalue weighted by Gasteiger charge is 2.22. The van der Waals surface area contributed by atoms with Gasteiger partial charge < -0.3 is 10.2 Å². The Hall–Kier alpha value is -0.970. The average Bonchev–Trinajstić information content (AvgIpc) is 2.66. The molecule has 0 aliphatic carbocycles. The maximum Gasteiger partial charge on any atom is 0.256 e. The lowest BCUT2D eigenvalue weighted by Gasteiger charge is -2.20. The molecular weight excluding hydrogens is 280 g/mol. The van der Waals surface area contributed by atoms with Crippen molar-refractivity contribution in [1.82, 2.24) is 4.98 Å². The van der Waals surface area contributed by atoms with Crippen molar-refractivity contribution in [3.05, 3.63) is 46.3 Å². The highest BCUT2D eigenvalue weighted by molar-refractivity contribution is 7.99. The lowest BCUT2D eigenvalue weighted by molar-refractivity contribution is 0.429. The molecule has 3 nitrogen and oxygen atoms in total. The number of oxazole rings is 1. The first kappa shape index (κ1) is 14.4. The normalized spacial score (nSPS) is 14.4. The zero-order valence-electron chi connectivity index (χ0n) is 11.2. The number of halogens is 1. The van der Waals surface area contributed by atoms with Crippen LogP contribution < -0.4 is 5.73 Å². The predicted molar refractivity (Wildman–Crippen MR) is 79.7 cm³/mol. The zero-order valence-corrected chi connectivity index (χ0v) is 12.8. The van der Waals surface area contributed by atoms with Crippen molar-refractivity contribution >= 4 is 23.4 Å². The van der Waals surface area contributed by atoms with Crippen LogP contribution in [0.5, 0.6) is 0 Å². The third-order valence-electron chi connectivity index (χ3n) is 2.93. The van der Waals surface area contributed by atoms with Gasteiger partial charge in [0.25, 0.3) is 5.22 Å². The summed E-state index contributed by atoms with van der Waals surface area (Å²) in [6, 6.07) is 7.68. The van der Waals surface area contributed by atoms with E-state index in [4.69, 9.17) is 21.8 Å². The van der Waals surface area contributed by atoms with Gasteiger partial charge in [-0.2, -0.15) is 0 Å². The molecule has 5 heteroatoms. The van der Waals surface area contributed by atoms with Crippen LogP contribution >= 0.6 is 23.4 Å². The molecule has 1 heterocycles. The van der Waals surface area contributed by atoms with Crippen LogP contribution in [-0.4, -0.2) is 11.0 Å². The van der Waals surface area contributed by atoms with Gasteiger partial charge in [-0.25, -0.2) is 4.98 Å². The second kappa shape index (κ2) is 5.99. The van der Waals surface area contributed by atoms with Crippen molar-refractivity contribution in [2.75, 3.05) is 0 Å². The molecule has 0 radical (unpaired) electrons. The molecule has 0 aliphatic heterocycles. The van der Waals surface area contributed by atoms with Crippen molar-refractivity contribution in [2.45, 2.75) is 37.3 Å². The first-order chi connectivity index (χ1) is 8.99. The van der Waals surface area contributed by atoms with E-state index in [2.05, 4.69) is 4.98 Å². The van der Waals surface area contributed by atoms with Crippen LogP contribution in [0.15, 0.2) is 33.9 Å². The Balaban J connectivity index is 2.29. The van der Waals surface area contributed by atoms with Crippen LogP contribution in [0.25, 0.3) is 0 Å². The Kier molecular flexibility index (Phi) is 4.55. The van der Waals surface area contributed by atoms with E-state index in [1.807, 2.05) is 45.0 Å². The number of thioether (sulfide) groups is 1. The first-order valence-corrected chi connectivity index (χ1v) is 7.35. The molecule has 0 aliphatic rings. The van der Waals surface area contributed by atoms with Gasteiger partial charge in [-0.15, -0.1) is 0 Å². The molecule has 0 fully saturated rings. The lowest BCUT2D eigenvalue weighted by Crippen LogP contribution is -2.22. The average molecular weight is 297 g/mol. The quantitative estimate of drug-likeness (QED) is 0.862. The van der Waals surface area contributed by atoms with Crippen LogP contribution in [0.4, 0.5) is 0 Å². The highest BCUT2D eigenvalue weighted by Crippen LogP contribution is 2.39. The van der Waals surface area contributed by atoms with Gasteiger partial charge in [0.05, 0.1) is 10.9 Å². The van der Waals surface area contributed by atoms with Gasteiger partial charge in [0, 0.05) is 11.1 Å². The second-order valence-corrected chi connectivity index (χ2v) is 6.04. The van der Waals surface area contributed by atoms with E-state index in [1.54, 1.807) is 0 Å². The molecule has 102 valence electrons. The molecule has 2 rings (SSSR count). The van der Waals surface area contributed by atoms with Crippen molar-refractivity contribution in [3.8, 4) is 0 Å². The fourth-order valence-corrected chi connectivity index (χ4v) is 3.21. The summed E-state index contributed by atoms with van der Waals surface area (Å²) in [6.07, 6.45) is 0. The van der Waals surface area contributed by atoms with E-state index in [-0.39, 0.29) is 11.3 Å². The van der Waals surface area contributed by atoms with Crippen molar-refractivity contribution in [2.24, 2.45) is 5.73 Å². The molecule has 19 heavy (non-hydrogen) atoms. The Labute approximate surface area is 122 Å². The first-order valence-electron chi connectivity index (χ1n) is 6.09. The van der Waals surface area contributed by atoms with Crippen molar-refractivity contribution < 1.29 is 4.42 Å². The van der Waals surface area contributed by atoms with Gasteiger partial charge in [-0.05, 0) is 32.4 Å². The fraction of sp³-hybridized carbons (Fsp3) is 0.357. The van der Waals surface area contributed by atoms with E-state index in [1.165, 1.54) is 11.8 Å². The minimum atomic E-state index is -0.0580. The second-order valence-electron chi connectivity index (χ2n) is 4.54.